The molecule has 0 amide bonds. The lowest BCUT2D eigenvalue weighted by Gasteiger charge is -2.01. The number of carbonyl (C=O) groups excluding carboxylic acids is 2. The summed E-state index contributed by atoms with van der Waals surface area (Å²) in [5.41, 5.74) is 0.926. The van der Waals surface area contributed by atoms with Gasteiger partial charge in [-0.1, -0.05) is 11.6 Å². The third-order valence-electron chi connectivity index (χ3n) is 2.44. The Kier molecular flexibility index (Phi) is 3.99. The average molecular weight is 283 g/mol. The molecule has 2 aromatic rings. The number of hydrogen-bond acceptors (Lipinski definition) is 4. The number of benzene rings is 1. The van der Waals surface area contributed by atoms with Crippen molar-refractivity contribution in [3.63, 3.8) is 0 Å². The highest BCUT2D eigenvalue weighted by atomic mass is 35.5. The molecule has 94 valence electrons. The second-order valence-corrected chi connectivity index (χ2v) is 5.24. The van der Waals surface area contributed by atoms with Crippen molar-refractivity contribution in [1.82, 2.24) is 0 Å². The monoisotopic (exact) mass is 282 g/mol. The number of rotatable bonds is 4. The highest BCUT2D eigenvalue weighted by molar-refractivity contribution is 7.17. The highest BCUT2D eigenvalue weighted by Crippen LogP contribution is 2.29. The van der Waals surface area contributed by atoms with Crippen molar-refractivity contribution in [2.45, 2.75) is 13.3 Å². The van der Waals surface area contributed by atoms with Crippen LogP contribution < -0.4 is 0 Å². The third kappa shape index (κ3) is 3.09. The van der Waals surface area contributed by atoms with E-state index >= 15 is 0 Å². The Hall–Kier alpha value is -1.39. The number of thiophene rings is 1. The molecule has 0 N–H and O–H groups in total. The first-order chi connectivity index (χ1) is 8.56. The highest BCUT2D eigenvalue weighted by Gasteiger charge is 2.10. The third-order valence-corrected chi connectivity index (χ3v) is 3.69. The zero-order chi connectivity index (χ0) is 13.1. The van der Waals surface area contributed by atoms with Gasteiger partial charge in [0, 0.05) is 23.1 Å². The molecule has 2 rings (SSSR count). The quantitative estimate of drug-likeness (QED) is 0.809. The maximum atomic E-state index is 11.6. The molecular weight excluding hydrogens is 272 g/mol. The van der Waals surface area contributed by atoms with E-state index in [1.165, 1.54) is 6.92 Å². The predicted octanol–water partition coefficient (Wildman–Crippen LogP) is 3.23. The number of hydrogen-bond donors (Lipinski definition) is 0. The summed E-state index contributed by atoms with van der Waals surface area (Å²) < 4.78 is 5.77. The van der Waals surface area contributed by atoms with Crippen molar-refractivity contribution in [1.29, 1.82) is 0 Å². The molecule has 0 aliphatic rings. The van der Waals surface area contributed by atoms with Gasteiger partial charge in [-0.25, -0.2) is 0 Å². The Bertz CT molecular complexity index is 603. The first kappa shape index (κ1) is 13.1. The number of halogens is 1. The van der Waals surface area contributed by atoms with Crippen LogP contribution >= 0.6 is 22.9 Å². The van der Waals surface area contributed by atoms with E-state index in [1.807, 2.05) is 23.6 Å². The normalized spacial score (nSPS) is 10.6. The molecule has 3 nitrogen and oxygen atoms in total. The molecule has 0 spiro atoms. The molecule has 0 radical (unpaired) electrons. The Morgan fingerprint density at radius 2 is 2.17 bits per heavy atom. The second-order valence-electron chi connectivity index (χ2n) is 3.90. The molecule has 0 aliphatic carbocycles. The van der Waals surface area contributed by atoms with Gasteiger partial charge in [0.25, 0.3) is 0 Å². The fraction of sp³-hybridized carbons (Fsp3) is 0.231. The van der Waals surface area contributed by atoms with E-state index in [2.05, 4.69) is 4.74 Å². The molecule has 18 heavy (non-hydrogen) atoms. The summed E-state index contributed by atoms with van der Waals surface area (Å²) in [6, 6.07) is 5.61. The molecule has 0 unspecified atom stereocenters. The van der Waals surface area contributed by atoms with E-state index < -0.39 is 5.97 Å². The number of esters is 1. The van der Waals surface area contributed by atoms with Gasteiger partial charge >= 0.3 is 5.97 Å². The Morgan fingerprint density at radius 1 is 1.39 bits per heavy atom. The molecule has 1 aromatic heterocycles. The minimum Gasteiger partial charge on any atom is -0.458 e. The molecule has 0 bridgehead atoms. The predicted molar refractivity (Wildman–Crippen MR) is 72.2 cm³/mol. The van der Waals surface area contributed by atoms with Gasteiger partial charge < -0.3 is 4.74 Å². The van der Waals surface area contributed by atoms with Crippen LogP contribution in [0.1, 0.15) is 12.5 Å². The van der Waals surface area contributed by atoms with Gasteiger partial charge in [0.05, 0.1) is 0 Å². The van der Waals surface area contributed by atoms with Crippen LogP contribution in [0, 0.1) is 0 Å². The summed E-state index contributed by atoms with van der Waals surface area (Å²) in [4.78, 5) is 22.3. The van der Waals surface area contributed by atoms with E-state index in [0.717, 1.165) is 15.6 Å². The van der Waals surface area contributed by atoms with Crippen molar-refractivity contribution >= 4 is 44.8 Å². The summed E-state index contributed by atoms with van der Waals surface area (Å²) in [5, 5.41) is 3.57. The topological polar surface area (TPSA) is 43.4 Å². The van der Waals surface area contributed by atoms with E-state index in [-0.39, 0.29) is 18.8 Å². The molecule has 0 saturated heterocycles. The molecule has 1 heterocycles. The van der Waals surface area contributed by atoms with Crippen LogP contribution in [0.5, 0.6) is 0 Å². The number of Topliss-reactive ketones (excluding diaryl/α,β-unsaturated/α-hetero) is 1. The minimum absolute atomic E-state index is 0.120. The summed E-state index contributed by atoms with van der Waals surface area (Å²) >= 11 is 7.51. The number of carbonyl (C=O) groups is 2. The van der Waals surface area contributed by atoms with E-state index in [0.29, 0.717) is 5.02 Å². The van der Waals surface area contributed by atoms with Crippen molar-refractivity contribution in [2.75, 3.05) is 6.61 Å². The van der Waals surface area contributed by atoms with Gasteiger partial charge in [0.2, 0.25) is 0 Å². The van der Waals surface area contributed by atoms with Crippen LogP contribution in [0.3, 0.4) is 0 Å². The van der Waals surface area contributed by atoms with E-state index in [9.17, 15) is 9.59 Å². The van der Waals surface area contributed by atoms with Gasteiger partial charge in [-0.3, -0.25) is 9.59 Å². The molecule has 0 atom stereocenters. The fourth-order valence-electron chi connectivity index (χ4n) is 1.64. The Morgan fingerprint density at radius 3 is 2.89 bits per heavy atom. The van der Waals surface area contributed by atoms with Crippen molar-refractivity contribution in [2.24, 2.45) is 0 Å². The molecular formula is C13H11ClO3S. The number of ketones is 1. The maximum Gasteiger partial charge on any atom is 0.303 e. The number of ether oxygens (including phenoxy) is 1. The van der Waals surface area contributed by atoms with Crippen molar-refractivity contribution in [3.05, 3.63) is 34.2 Å². The van der Waals surface area contributed by atoms with Gasteiger partial charge in [-0.05, 0) is 34.5 Å². The number of fused-ring (bicyclic) bond motifs is 1. The average Bonchev–Trinajstić information content (AvgIpc) is 2.69. The first-order valence-electron chi connectivity index (χ1n) is 5.37. The Labute approximate surface area is 113 Å². The van der Waals surface area contributed by atoms with E-state index in [1.54, 1.807) is 11.3 Å². The lowest BCUT2D eigenvalue weighted by molar-refractivity contribution is -0.145. The maximum absolute atomic E-state index is 11.6. The largest absolute Gasteiger partial charge is 0.458 e. The van der Waals surface area contributed by atoms with Gasteiger partial charge in [0.15, 0.2) is 5.78 Å². The molecule has 0 saturated carbocycles. The lowest BCUT2D eigenvalue weighted by atomic mass is 10.1. The molecule has 0 fully saturated rings. The molecule has 1 aromatic carbocycles. The lowest BCUT2D eigenvalue weighted by Crippen LogP contribution is -2.13. The zero-order valence-electron chi connectivity index (χ0n) is 9.73. The summed E-state index contributed by atoms with van der Waals surface area (Å²) in [5.74, 6) is -0.563. The van der Waals surface area contributed by atoms with Crippen LogP contribution in [0.25, 0.3) is 10.1 Å². The second kappa shape index (κ2) is 5.50. The van der Waals surface area contributed by atoms with Gasteiger partial charge in [-0.15, -0.1) is 11.3 Å². The van der Waals surface area contributed by atoms with Crippen LogP contribution in [-0.4, -0.2) is 18.4 Å². The van der Waals surface area contributed by atoms with Crippen LogP contribution in [0.4, 0.5) is 0 Å². The fourth-order valence-corrected chi connectivity index (χ4v) is 2.75. The van der Waals surface area contributed by atoms with E-state index in [4.69, 9.17) is 11.6 Å². The van der Waals surface area contributed by atoms with Crippen LogP contribution in [-0.2, 0) is 20.7 Å². The summed E-state index contributed by atoms with van der Waals surface area (Å²) in [6.45, 7) is 1.11. The first-order valence-corrected chi connectivity index (χ1v) is 6.62. The minimum atomic E-state index is -0.443. The summed E-state index contributed by atoms with van der Waals surface area (Å²) in [6.07, 6.45) is 0.258. The van der Waals surface area contributed by atoms with Crippen molar-refractivity contribution in [3.8, 4) is 0 Å². The van der Waals surface area contributed by atoms with Crippen LogP contribution in [0.2, 0.25) is 5.02 Å². The molecule has 5 heteroatoms. The zero-order valence-corrected chi connectivity index (χ0v) is 11.3. The standard InChI is InChI=1S/C13H11ClO3S/c1-8(15)17-6-11(16)4-9-7-18-13-3-2-10(14)5-12(9)13/h2-3,5,7H,4,6H2,1H3. The molecule has 0 aliphatic heterocycles. The Balaban J connectivity index is 2.14. The van der Waals surface area contributed by atoms with Gasteiger partial charge in [0.1, 0.15) is 6.61 Å². The van der Waals surface area contributed by atoms with Gasteiger partial charge in [-0.2, -0.15) is 0 Å². The van der Waals surface area contributed by atoms with Crippen molar-refractivity contribution < 1.29 is 14.3 Å². The summed E-state index contributed by atoms with van der Waals surface area (Å²) in [7, 11) is 0. The smallest absolute Gasteiger partial charge is 0.303 e. The SMILES string of the molecule is CC(=O)OCC(=O)Cc1csc2ccc(Cl)cc12. The van der Waals surface area contributed by atoms with Crippen LogP contribution in [0.15, 0.2) is 23.6 Å².